The molecule has 3 aromatic carbocycles. The number of aromatic amines is 1. The van der Waals surface area contributed by atoms with E-state index in [1.807, 2.05) is 79.7 Å². The lowest BCUT2D eigenvalue weighted by molar-refractivity contribution is 0.267. The normalized spacial score (nSPS) is 11.1. The molecule has 1 N–H and O–H groups in total. The molecule has 6 nitrogen and oxygen atoms in total. The molecule has 0 atom stereocenters. The third-order valence-corrected chi connectivity index (χ3v) is 5.42. The summed E-state index contributed by atoms with van der Waals surface area (Å²) in [5.74, 6) is 1.93. The maximum Gasteiger partial charge on any atom is 0.216 e. The number of aromatic nitrogens is 3. The Labute approximate surface area is 199 Å². The highest BCUT2D eigenvalue weighted by atomic mass is 79.9. The highest BCUT2D eigenvalue weighted by molar-refractivity contribution is 9.10. The molecule has 32 heavy (non-hydrogen) atoms. The first kappa shape index (κ1) is 22.0. The predicted octanol–water partition coefficient (Wildman–Crippen LogP) is 6.23. The first-order valence-electron chi connectivity index (χ1n) is 10.1. The summed E-state index contributed by atoms with van der Waals surface area (Å²) in [5.41, 5.74) is 2.82. The maximum atomic E-state index is 6.05. The standard InChI is InChI=1S/C24H21BrN4O2S/c1-2-30-21-14-18(13-20(25)22(21)31-16-17-9-5-3-6-10-17)15-26-29-23(27-28-24(29)32)19-11-7-4-8-12-19/h3-15H,2,16H2,1H3,(H,28,32)/b26-15-. The molecule has 0 saturated heterocycles. The zero-order valence-corrected chi connectivity index (χ0v) is 19.8. The van der Waals surface area contributed by atoms with E-state index >= 15 is 0 Å². The van der Waals surface area contributed by atoms with Gasteiger partial charge in [0.1, 0.15) is 6.61 Å². The Morgan fingerprint density at radius 1 is 1.06 bits per heavy atom. The molecule has 0 saturated carbocycles. The van der Waals surface area contributed by atoms with Gasteiger partial charge in [0.25, 0.3) is 0 Å². The molecular formula is C24H21BrN4O2S. The van der Waals surface area contributed by atoms with Gasteiger partial charge >= 0.3 is 0 Å². The zero-order chi connectivity index (χ0) is 22.3. The van der Waals surface area contributed by atoms with Crippen LogP contribution < -0.4 is 9.47 Å². The van der Waals surface area contributed by atoms with Crippen LogP contribution in [0.5, 0.6) is 11.5 Å². The first-order valence-corrected chi connectivity index (χ1v) is 11.3. The quantitative estimate of drug-likeness (QED) is 0.226. The van der Waals surface area contributed by atoms with Crippen molar-refractivity contribution in [3.05, 3.63) is 93.2 Å². The van der Waals surface area contributed by atoms with E-state index < -0.39 is 0 Å². The van der Waals surface area contributed by atoms with Crippen molar-refractivity contribution in [1.29, 1.82) is 0 Å². The molecule has 4 aromatic rings. The van der Waals surface area contributed by atoms with Gasteiger partial charge in [-0.2, -0.15) is 14.9 Å². The van der Waals surface area contributed by atoms with Crippen molar-refractivity contribution in [2.75, 3.05) is 6.61 Å². The fraction of sp³-hybridized carbons (Fsp3) is 0.125. The molecule has 0 aliphatic carbocycles. The van der Waals surface area contributed by atoms with Crippen molar-refractivity contribution >= 4 is 34.4 Å². The lowest BCUT2D eigenvalue weighted by Crippen LogP contribution is -2.02. The second kappa shape index (κ2) is 10.4. The van der Waals surface area contributed by atoms with Gasteiger partial charge in [-0.15, -0.1) is 0 Å². The minimum Gasteiger partial charge on any atom is -0.490 e. The van der Waals surface area contributed by atoms with Crippen LogP contribution in [0.2, 0.25) is 0 Å². The summed E-state index contributed by atoms with van der Waals surface area (Å²) in [6, 6.07) is 23.6. The SMILES string of the molecule is CCOc1cc(/C=N\n2c(-c3ccccc3)n[nH]c2=S)cc(Br)c1OCc1ccccc1. The van der Waals surface area contributed by atoms with Gasteiger partial charge in [-0.1, -0.05) is 60.7 Å². The minimum absolute atomic E-state index is 0.409. The summed E-state index contributed by atoms with van der Waals surface area (Å²) in [6.07, 6.45) is 1.71. The molecular weight excluding hydrogens is 488 g/mol. The molecule has 0 aliphatic rings. The number of ether oxygens (including phenoxy) is 2. The molecule has 1 aromatic heterocycles. The van der Waals surface area contributed by atoms with Crippen LogP contribution in [0, 0.1) is 4.77 Å². The Morgan fingerprint density at radius 2 is 1.78 bits per heavy atom. The molecule has 8 heteroatoms. The number of nitrogens with one attached hydrogen (secondary N) is 1. The van der Waals surface area contributed by atoms with E-state index in [9.17, 15) is 0 Å². The Balaban J connectivity index is 1.62. The van der Waals surface area contributed by atoms with E-state index in [0.29, 0.717) is 35.3 Å². The third kappa shape index (κ3) is 5.15. The van der Waals surface area contributed by atoms with Crippen molar-refractivity contribution in [3.8, 4) is 22.9 Å². The van der Waals surface area contributed by atoms with Crippen LogP contribution in [-0.4, -0.2) is 27.7 Å². The Morgan fingerprint density at radius 3 is 2.50 bits per heavy atom. The van der Waals surface area contributed by atoms with Gasteiger partial charge in [-0.3, -0.25) is 0 Å². The molecule has 0 fully saturated rings. The number of H-pyrrole nitrogens is 1. The van der Waals surface area contributed by atoms with Crippen LogP contribution in [0.3, 0.4) is 0 Å². The number of hydrogen-bond acceptors (Lipinski definition) is 5. The van der Waals surface area contributed by atoms with Crippen molar-refractivity contribution < 1.29 is 9.47 Å². The first-order chi connectivity index (χ1) is 15.7. The van der Waals surface area contributed by atoms with Crippen molar-refractivity contribution in [2.24, 2.45) is 5.10 Å². The summed E-state index contributed by atoms with van der Waals surface area (Å²) in [4.78, 5) is 0. The molecule has 0 aliphatic heterocycles. The number of benzene rings is 3. The van der Waals surface area contributed by atoms with E-state index in [0.717, 1.165) is 21.2 Å². The van der Waals surface area contributed by atoms with E-state index in [4.69, 9.17) is 21.7 Å². The van der Waals surface area contributed by atoms with Gasteiger partial charge in [0.05, 0.1) is 17.3 Å². The predicted molar refractivity (Wildman–Crippen MR) is 132 cm³/mol. The van der Waals surface area contributed by atoms with Crippen LogP contribution >= 0.6 is 28.1 Å². The van der Waals surface area contributed by atoms with Crippen molar-refractivity contribution in [2.45, 2.75) is 13.5 Å². The van der Waals surface area contributed by atoms with Crippen LogP contribution in [0.25, 0.3) is 11.4 Å². The van der Waals surface area contributed by atoms with Crippen LogP contribution in [-0.2, 0) is 6.61 Å². The summed E-state index contributed by atoms with van der Waals surface area (Å²) >= 11 is 8.97. The third-order valence-electron chi connectivity index (χ3n) is 4.56. The number of nitrogens with zero attached hydrogens (tertiary/aromatic N) is 3. The molecule has 0 amide bonds. The second-order valence-electron chi connectivity index (χ2n) is 6.81. The fourth-order valence-corrected chi connectivity index (χ4v) is 3.85. The number of halogens is 1. The Bertz CT molecular complexity index is 1270. The summed E-state index contributed by atoms with van der Waals surface area (Å²) < 4.78 is 14.7. The largest absolute Gasteiger partial charge is 0.490 e. The lowest BCUT2D eigenvalue weighted by Gasteiger charge is -2.14. The van der Waals surface area contributed by atoms with Crippen LogP contribution in [0.15, 0.2) is 82.4 Å². The van der Waals surface area contributed by atoms with Crippen LogP contribution in [0.1, 0.15) is 18.1 Å². The Kier molecular flexibility index (Phi) is 7.14. The van der Waals surface area contributed by atoms with E-state index in [1.165, 1.54) is 0 Å². The molecule has 4 rings (SSSR count). The smallest absolute Gasteiger partial charge is 0.216 e. The summed E-state index contributed by atoms with van der Waals surface area (Å²) in [5, 5.41) is 11.7. The van der Waals surface area contributed by atoms with Crippen LogP contribution in [0.4, 0.5) is 0 Å². The lowest BCUT2D eigenvalue weighted by atomic mass is 10.2. The topological polar surface area (TPSA) is 64.4 Å². The maximum absolute atomic E-state index is 6.05. The summed E-state index contributed by atoms with van der Waals surface area (Å²) in [7, 11) is 0. The molecule has 0 radical (unpaired) electrons. The molecule has 0 bridgehead atoms. The minimum atomic E-state index is 0.409. The van der Waals surface area contributed by atoms with E-state index in [2.05, 4.69) is 31.2 Å². The Hall–Kier alpha value is -3.23. The monoisotopic (exact) mass is 508 g/mol. The molecule has 0 spiro atoms. The van der Waals surface area contributed by atoms with E-state index in [1.54, 1.807) is 10.9 Å². The highest BCUT2D eigenvalue weighted by Gasteiger charge is 2.13. The average Bonchev–Trinajstić information content (AvgIpc) is 3.19. The van der Waals surface area contributed by atoms with Gasteiger partial charge in [0.2, 0.25) is 4.77 Å². The average molecular weight is 509 g/mol. The van der Waals surface area contributed by atoms with Gasteiger partial charge in [0.15, 0.2) is 17.3 Å². The molecule has 162 valence electrons. The van der Waals surface area contributed by atoms with Gasteiger partial charge in [-0.25, -0.2) is 5.10 Å². The molecule has 0 unspecified atom stereocenters. The zero-order valence-electron chi connectivity index (χ0n) is 17.4. The van der Waals surface area contributed by atoms with E-state index in [-0.39, 0.29) is 0 Å². The van der Waals surface area contributed by atoms with Crippen molar-refractivity contribution in [1.82, 2.24) is 14.9 Å². The number of rotatable bonds is 8. The fourth-order valence-electron chi connectivity index (χ4n) is 3.09. The van der Waals surface area contributed by atoms with Gasteiger partial charge in [-0.05, 0) is 58.3 Å². The number of hydrogen-bond donors (Lipinski definition) is 1. The van der Waals surface area contributed by atoms with Crippen molar-refractivity contribution in [3.63, 3.8) is 0 Å². The van der Waals surface area contributed by atoms with Gasteiger partial charge < -0.3 is 9.47 Å². The molecule has 1 heterocycles. The summed E-state index contributed by atoms with van der Waals surface area (Å²) in [6.45, 7) is 2.89. The van der Waals surface area contributed by atoms with Gasteiger partial charge in [0, 0.05) is 5.56 Å². The second-order valence-corrected chi connectivity index (χ2v) is 8.05. The highest BCUT2D eigenvalue weighted by Crippen LogP contribution is 2.37.